The van der Waals surface area contributed by atoms with Crippen molar-refractivity contribution in [3.63, 3.8) is 0 Å². The lowest BCUT2D eigenvalue weighted by Crippen LogP contribution is -2.56. The van der Waals surface area contributed by atoms with Crippen LogP contribution in [0.5, 0.6) is 5.75 Å². The van der Waals surface area contributed by atoms with Crippen molar-refractivity contribution in [2.24, 2.45) is 11.8 Å². The van der Waals surface area contributed by atoms with Gasteiger partial charge < -0.3 is 29.1 Å². The van der Waals surface area contributed by atoms with Crippen LogP contribution < -0.4 is 9.64 Å². The molecule has 3 aliphatic heterocycles. The number of hydrogen-bond acceptors (Lipinski definition) is 7. The van der Waals surface area contributed by atoms with Gasteiger partial charge >= 0.3 is 5.97 Å². The molecule has 2 unspecified atom stereocenters. The standard InChI is InChI=1S/C29H38N2O7/c1-5-7-8-9-19-37-27(35)23-22-25(33)31(17-18-32)24(29(22)15-14-28(23,3)38-29)26(34)30(16-6-2)20-10-12-21(36-4)13-11-20/h5-6,10-13,22-24,32H,1-2,7-9,14-19H2,3-4H3/t22-,23-,24?,28+,29?/m0/s1. The Kier molecular flexibility index (Phi) is 8.28. The zero-order valence-electron chi connectivity index (χ0n) is 22.3. The van der Waals surface area contributed by atoms with Gasteiger partial charge in [-0.15, -0.1) is 13.2 Å². The van der Waals surface area contributed by atoms with Gasteiger partial charge in [0.2, 0.25) is 5.91 Å². The number of allylic oxidation sites excluding steroid dienone is 1. The van der Waals surface area contributed by atoms with Crippen LogP contribution in [0.4, 0.5) is 5.69 Å². The van der Waals surface area contributed by atoms with Crippen LogP contribution in [0.2, 0.25) is 0 Å². The van der Waals surface area contributed by atoms with Crippen molar-refractivity contribution in [3.8, 4) is 5.75 Å². The first-order valence-electron chi connectivity index (χ1n) is 13.2. The van der Waals surface area contributed by atoms with Crippen LogP contribution in [0, 0.1) is 11.8 Å². The quantitative estimate of drug-likeness (QED) is 0.239. The van der Waals surface area contributed by atoms with Crippen LogP contribution >= 0.6 is 0 Å². The van der Waals surface area contributed by atoms with Gasteiger partial charge in [-0.05, 0) is 63.3 Å². The van der Waals surface area contributed by atoms with E-state index >= 15 is 0 Å². The summed E-state index contributed by atoms with van der Waals surface area (Å²) in [6.07, 6.45) is 6.79. The fourth-order valence-corrected chi connectivity index (χ4v) is 6.43. The maximum Gasteiger partial charge on any atom is 0.312 e. The van der Waals surface area contributed by atoms with Crippen molar-refractivity contribution >= 4 is 23.5 Å². The maximum atomic E-state index is 14.3. The number of likely N-dealkylation sites (tertiary alicyclic amines) is 1. The average Bonchev–Trinajstić information content (AvgIpc) is 3.48. The monoisotopic (exact) mass is 526 g/mol. The van der Waals surface area contributed by atoms with Gasteiger partial charge in [-0.3, -0.25) is 14.4 Å². The summed E-state index contributed by atoms with van der Waals surface area (Å²) in [6, 6.07) is 6.05. The van der Waals surface area contributed by atoms with Gasteiger partial charge in [0, 0.05) is 18.8 Å². The molecule has 0 aromatic heterocycles. The predicted molar refractivity (Wildman–Crippen MR) is 142 cm³/mol. The number of esters is 1. The second-order valence-electron chi connectivity index (χ2n) is 10.4. The van der Waals surface area contributed by atoms with Gasteiger partial charge in [0.25, 0.3) is 5.91 Å². The lowest BCUT2D eigenvalue weighted by atomic mass is 9.66. The molecular weight excluding hydrogens is 488 g/mol. The van der Waals surface area contributed by atoms with Crippen LogP contribution in [-0.4, -0.2) is 78.4 Å². The number of methoxy groups -OCH3 is 1. The Hall–Kier alpha value is -3.17. The summed E-state index contributed by atoms with van der Waals surface area (Å²) in [5.74, 6) is -2.21. The number of fused-ring (bicyclic) bond motifs is 1. The summed E-state index contributed by atoms with van der Waals surface area (Å²) in [5.41, 5.74) is -1.48. The second kappa shape index (κ2) is 11.3. The average molecular weight is 527 g/mol. The highest BCUT2D eigenvalue weighted by Crippen LogP contribution is 2.63. The van der Waals surface area contributed by atoms with E-state index in [-0.39, 0.29) is 38.1 Å². The summed E-state index contributed by atoms with van der Waals surface area (Å²) < 4.78 is 17.4. The Morgan fingerprint density at radius 3 is 2.58 bits per heavy atom. The van der Waals surface area contributed by atoms with Crippen molar-refractivity contribution < 1.29 is 33.7 Å². The molecule has 4 rings (SSSR count). The molecule has 9 heteroatoms. The first-order chi connectivity index (χ1) is 18.3. The molecule has 1 N–H and O–H groups in total. The van der Waals surface area contributed by atoms with Gasteiger partial charge in [0.1, 0.15) is 23.3 Å². The van der Waals surface area contributed by atoms with Gasteiger partial charge in [0.05, 0.1) is 31.8 Å². The van der Waals surface area contributed by atoms with E-state index in [1.807, 2.05) is 13.0 Å². The molecule has 3 saturated heterocycles. The molecule has 1 aromatic carbocycles. The Morgan fingerprint density at radius 2 is 1.95 bits per heavy atom. The van der Waals surface area contributed by atoms with Crippen molar-refractivity contribution in [2.45, 2.75) is 56.3 Å². The molecule has 5 atom stereocenters. The van der Waals surface area contributed by atoms with Crippen molar-refractivity contribution in [1.29, 1.82) is 0 Å². The summed E-state index contributed by atoms with van der Waals surface area (Å²) >= 11 is 0. The number of nitrogens with zero attached hydrogens (tertiary/aromatic N) is 2. The molecule has 3 aliphatic rings. The Morgan fingerprint density at radius 1 is 1.21 bits per heavy atom. The lowest BCUT2D eigenvalue weighted by Gasteiger charge is -2.36. The number of amides is 2. The van der Waals surface area contributed by atoms with E-state index in [1.165, 1.54) is 4.90 Å². The molecule has 1 spiro atoms. The van der Waals surface area contributed by atoms with Gasteiger partial charge in [-0.2, -0.15) is 0 Å². The van der Waals surface area contributed by atoms with Crippen LogP contribution in [0.1, 0.15) is 39.0 Å². The van der Waals surface area contributed by atoms with E-state index in [2.05, 4.69) is 13.2 Å². The zero-order chi connectivity index (χ0) is 27.5. The van der Waals surface area contributed by atoms with Gasteiger partial charge in [0.15, 0.2) is 0 Å². The number of carbonyl (C=O) groups is 3. The summed E-state index contributed by atoms with van der Waals surface area (Å²) in [7, 11) is 1.56. The minimum Gasteiger partial charge on any atom is -0.497 e. The minimum atomic E-state index is -1.18. The topological polar surface area (TPSA) is 106 Å². The van der Waals surface area contributed by atoms with E-state index in [0.29, 0.717) is 30.7 Å². The van der Waals surface area contributed by atoms with E-state index in [9.17, 15) is 19.5 Å². The third-order valence-corrected chi connectivity index (χ3v) is 8.11. The van der Waals surface area contributed by atoms with E-state index in [0.717, 1.165) is 12.8 Å². The van der Waals surface area contributed by atoms with Gasteiger partial charge in [-0.1, -0.05) is 12.2 Å². The maximum absolute atomic E-state index is 14.3. The summed E-state index contributed by atoms with van der Waals surface area (Å²) in [6.45, 7) is 9.44. The van der Waals surface area contributed by atoms with Crippen LogP contribution in [0.3, 0.4) is 0 Å². The molecular formula is C29H38N2O7. The Balaban J connectivity index is 1.66. The van der Waals surface area contributed by atoms with Crippen molar-refractivity contribution in [1.82, 2.24) is 4.90 Å². The van der Waals surface area contributed by atoms with Crippen molar-refractivity contribution in [3.05, 3.63) is 49.6 Å². The molecule has 9 nitrogen and oxygen atoms in total. The molecule has 3 fully saturated rings. The minimum absolute atomic E-state index is 0.0403. The molecule has 2 bridgehead atoms. The molecule has 0 radical (unpaired) electrons. The molecule has 206 valence electrons. The molecule has 3 heterocycles. The highest BCUT2D eigenvalue weighted by Gasteiger charge is 2.78. The van der Waals surface area contributed by atoms with E-state index < -0.39 is 35.0 Å². The fraction of sp³-hybridized carbons (Fsp3) is 0.552. The fourth-order valence-electron chi connectivity index (χ4n) is 6.43. The highest BCUT2D eigenvalue weighted by molar-refractivity contribution is 6.04. The largest absolute Gasteiger partial charge is 0.497 e. The number of carbonyl (C=O) groups excluding carboxylic acids is 3. The SMILES string of the molecule is C=CCCCCOC(=O)[C@@H]1[C@H]2C(=O)N(CCO)C(C(=O)N(CC=C)c3ccc(OC)cc3)C23CC[C@@]1(C)O3. The number of hydrogen-bond donors (Lipinski definition) is 1. The number of ether oxygens (including phenoxy) is 3. The van der Waals surface area contributed by atoms with Crippen LogP contribution in [-0.2, 0) is 23.9 Å². The van der Waals surface area contributed by atoms with E-state index in [4.69, 9.17) is 14.2 Å². The summed E-state index contributed by atoms with van der Waals surface area (Å²) in [4.78, 5) is 44.4. The second-order valence-corrected chi connectivity index (χ2v) is 10.4. The number of unbranched alkanes of at least 4 members (excludes halogenated alkanes) is 2. The molecule has 0 saturated carbocycles. The Labute approximate surface area is 224 Å². The molecule has 0 aliphatic carbocycles. The first-order valence-corrected chi connectivity index (χ1v) is 13.2. The number of benzene rings is 1. The number of aliphatic hydroxyl groups is 1. The number of β-amino-alcohol motifs (C(OH)–C–C–N with tert-alkyl or cyclic N) is 1. The number of anilines is 1. The smallest absolute Gasteiger partial charge is 0.312 e. The van der Waals surface area contributed by atoms with Crippen LogP contribution in [0.25, 0.3) is 0 Å². The predicted octanol–water partition coefficient (Wildman–Crippen LogP) is 2.87. The Bertz CT molecular complexity index is 1070. The third-order valence-electron chi connectivity index (χ3n) is 8.11. The normalized spacial score (nSPS) is 29.2. The molecule has 1 aromatic rings. The first kappa shape index (κ1) is 27.9. The van der Waals surface area contributed by atoms with E-state index in [1.54, 1.807) is 42.4 Å². The molecule has 38 heavy (non-hydrogen) atoms. The summed E-state index contributed by atoms with van der Waals surface area (Å²) in [5, 5.41) is 9.82. The van der Waals surface area contributed by atoms with Crippen molar-refractivity contribution in [2.75, 3.05) is 38.3 Å². The van der Waals surface area contributed by atoms with Crippen LogP contribution in [0.15, 0.2) is 49.6 Å². The number of rotatable bonds is 13. The molecule has 2 amide bonds. The zero-order valence-corrected chi connectivity index (χ0v) is 22.3. The lowest BCUT2D eigenvalue weighted by molar-refractivity contribution is -0.159. The highest BCUT2D eigenvalue weighted by atomic mass is 16.6. The third kappa shape index (κ3) is 4.62. The van der Waals surface area contributed by atoms with Gasteiger partial charge in [-0.25, -0.2) is 0 Å². The number of aliphatic hydroxyl groups excluding tert-OH is 1.